The largest absolute Gasteiger partial charge is 0.350 e. The Labute approximate surface area is 175 Å². The van der Waals surface area contributed by atoms with E-state index >= 15 is 0 Å². The fourth-order valence-corrected chi connectivity index (χ4v) is 3.69. The first-order valence-electron chi connectivity index (χ1n) is 9.37. The van der Waals surface area contributed by atoms with Crippen molar-refractivity contribution < 1.29 is 18.0 Å². The highest BCUT2D eigenvalue weighted by Gasteiger charge is 2.11. The molecule has 0 aliphatic heterocycles. The van der Waals surface area contributed by atoms with Crippen LogP contribution < -0.4 is 15.4 Å². The molecule has 8 heteroatoms. The first kappa shape index (κ1) is 21.3. The molecule has 0 aromatic heterocycles. The van der Waals surface area contributed by atoms with Crippen molar-refractivity contribution in [1.82, 2.24) is 10.6 Å². The average Bonchev–Trinajstić information content (AvgIpc) is 2.71. The summed E-state index contributed by atoms with van der Waals surface area (Å²) in [5.41, 5.74) is 1.92. The lowest BCUT2D eigenvalue weighted by Crippen LogP contribution is -2.37. The summed E-state index contributed by atoms with van der Waals surface area (Å²) in [5, 5.41) is 7.37. The van der Waals surface area contributed by atoms with Crippen molar-refractivity contribution in [2.75, 3.05) is 17.5 Å². The van der Waals surface area contributed by atoms with Gasteiger partial charge in [0.15, 0.2) is 0 Å². The summed E-state index contributed by atoms with van der Waals surface area (Å²) in [7, 11) is -3.42. The zero-order chi connectivity index (χ0) is 21.6. The smallest absolute Gasteiger partial charge is 0.239 e. The number of rotatable bonds is 8. The molecule has 0 heterocycles. The molecule has 0 aliphatic rings. The molecule has 0 radical (unpaired) electrons. The number of para-hydroxylation sites is 1. The molecule has 0 atom stereocenters. The van der Waals surface area contributed by atoms with Gasteiger partial charge in [0.1, 0.15) is 0 Å². The van der Waals surface area contributed by atoms with Gasteiger partial charge in [-0.3, -0.25) is 14.3 Å². The molecule has 3 aromatic rings. The van der Waals surface area contributed by atoms with Gasteiger partial charge in [-0.15, -0.1) is 0 Å². The van der Waals surface area contributed by atoms with Gasteiger partial charge in [0.05, 0.1) is 24.9 Å². The maximum Gasteiger partial charge on any atom is 0.239 e. The van der Waals surface area contributed by atoms with Crippen molar-refractivity contribution >= 4 is 38.3 Å². The van der Waals surface area contributed by atoms with Crippen molar-refractivity contribution in [1.29, 1.82) is 0 Å². The number of amides is 2. The van der Waals surface area contributed by atoms with Crippen LogP contribution in [0, 0.1) is 0 Å². The molecule has 2 amide bonds. The lowest BCUT2D eigenvalue weighted by molar-refractivity contribution is -0.125. The van der Waals surface area contributed by atoms with E-state index in [9.17, 15) is 18.0 Å². The Kier molecular flexibility index (Phi) is 6.68. The number of carbonyl (C=O) groups excluding carboxylic acids is 2. The van der Waals surface area contributed by atoms with E-state index in [4.69, 9.17) is 0 Å². The van der Waals surface area contributed by atoms with Crippen LogP contribution in [0.1, 0.15) is 11.1 Å². The Balaban J connectivity index is 1.52. The second-order valence-corrected chi connectivity index (χ2v) is 8.65. The molecule has 0 aliphatic carbocycles. The van der Waals surface area contributed by atoms with Crippen LogP contribution in [-0.2, 0) is 32.6 Å². The monoisotopic (exact) mass is 425 g/mol. The third-order valence-electron chi connectivity index (χ3n) is 4.47. The fraction of sp³-hybridized carbons (Fsp3) is 0.182. The highest BCUT2D eigenvalue weighted by molar-refractivity contribution is 7.92. The number of anilines is 1. The van der Waals surface area contributed by atoms with Crippen LogP contribution in [-0.4, -0.2) is 33.0 Å². The van der Waals surface area contributed by atoms with E-state index in [-0.39, 0.29) is 31.3 Å². The van der Waals surface area contributed by atoms with Crippen LogP contribution in [0.2, 0.25) is 0 Å². The predicted molar refractivity (Wildman–Crippen MR) is 117 cm³/mol. The number of sulfonamides is 1. The summed E-state index contributed by atoms with van der Waals surface area (Å²) < 4.78 is 25.3. The quantitative estimate of drug-likeness (QED) is 0.515. The normalized spacial score (nSPS) is 11.1. The second kappa shape index (κ2) is 9.41. The van der Waals surface area contributed by atoms with Gasteiger partial charge >= 0.3 is 0 Å². The number of hydrogen-bond donors (Lipinski definition) is 3. The van der Waals surface area contributed by atoms with Gasteiger partial charge in [0.2, 0.25) is 21.8 Å². The molecule has 7 nitrogen and oxygen atoms in total. The molecule has 0 saturated carbocycles. The first-order valence-corrected chi connectivity index (χ1v) is 11.3. The van der Waals surface area contributed by atoms with E-state index in [0.29, 0.717) is 11.3 Å². The maximum absolute atomic E-state index is 12.3. The number of benzene rings is 3. The predicted octanol–water partition coefficient (Wildman–Crippen LogP) is 2.19. The SMILES string of the molecule is CS(=O)(=O)Nc1ccccc1CNC(=O)CNC(=O)Cc1cccc2ccccc12. The maximum atomic E-state index is 12.3. The van der Waals surface area contributed by atoms with Gasteiger partial charge in [-0.1, -0.05) is 60.7 Å². The number of hydrogen-bond acceptors (Lipinski definition) is 4. The molecular weight excluding hydrogens is 402 g/mol. The molecule has 156 valence electrons. The molecule has 0 fully saturated rings. The van der Waals surface area contributed by atoms with E-state index in [1.54, 1.807) is 24.3 Å². The molecule has 0 saturated heterocycles. The van der Waals surface area contributed by atoms with E-state index in [1.165, 1.54) is 0 Å². The minimum atomic E-state index is -3.42. The molecular formula is C22H23N3O4S. The molecule has 0 spiro atoms. The summed E-state index contributed by atoms with van der Waals surface area (Å²) >= 11 is 0. The van der Waals surface area contributed by atoms with E-state index in [1.807, 2.05) is 42.5 Å². The van der Waals surface area contributed by atoms with Gasteiger partial charge in [0.25, 0.3) is 0 Å². The van der Waals surface area contributed by atoms with Crippen LogP contribution >= 0.6 is 0 Å². The average molecular weight is 426 g/mol. The van der Waals surface area contributed by atoms with Gasteiger partial charge in [-0.2, -0.15) is 0 Å². The summed E-state index contributed by atoms with van der Waals surface area (Å²) in [6, 6.07) is 20.4. The van der Waals surface area contributed by atoms with Crippen LogP contribution in [0.15, 0.2) is 66.7 Å². The number of nitrogens with one attached hydrogen (secondary N) is 3. The zero-order valence-corrected chi connectivity index (χ0v) is 17.3. The van der Waals surface area contributed by atoms with Gasteiger partial charge < -0.3 is 10.6 Å². The Morgan fingerprint density at radius 3 is 2.27 bits per heavy atom. The third-order valence-corrected chi connectivity index (χ3v) is 5.06. The lowest BCUT2D eigenvalue weighted by atomic mass is 10.0. The molecule has 3 aromatic carbocycles. The molecule has 3 N–H and O–H groups in total. The molecule has 0 unspecified atom stereocenters. The Morgan fingerprint density at radius 2 is 1.47 bits per heavy atom. The van der Waals surface area contributed by atoms with Gasteiger partial charge in [-0.25, -0.2) is 8.42 Å². The van der Waals surface area contributed by atoms with E-state index < -0.39 is 10.0 Å². The van der Waals surface area contributed by atoms with Crippen LogP contribution in [0.3, 0.4) is 0 Å². The highest BCUT2D eigenvalue weighted by Crippen LogP contribution is 2.19. The van der Waals surface area contributed by atoms with Crippen LogP contribution in [0.25, 0.3) is 10.8 Å². The summed E-state index contributed by atoms with van der Waals surface area (Å²) in [5.74, 6) is -0.615. The minimum Gasteiger partial charge on any atom is -0.350 e. The zero-order valence-electron chi connectivity index (χ0n) is 16.5. The topological polar surface area (TPSA) is 104 Å². The summed E-state index contributed by atoms with van der Waals surface area (Å²) in [6.45, 7) is -0.0258. The molecule has 0 bridgehead atoms. The van der Waals surface area contributed by atoms with Gasteiger partial charge in [0, 0.05) is 6.54 Å². The lowest BCUT2D eigenvalue weighted by Gasteiger charge is -2.12. The van der Waals surface area contributed by atoms with Crippen molar-refractivity contribution in [3.8, 4) is 0 Å². The van der Waals surface area contributed by atoms with Crippen molar-refractivity contribution in [2.45, 2.75) is 13.0 Å². The van der Waals surface area contributed by atoms with Crippen molar-refractivity contribution in [3.63, 3.8) is 0 Å². The number of fused-ring (bicyclic) bond motifs is 1. The van der Waals surface area contributed by atoms with E-state index in [0.717, 1.165) is 22.6 Å². The Morgan fingerprint density at radius 1 is 0.800 bits per heavy atom. The highest BCUT2D eigenvalue weighted by atomic mass is 32.2. The van der Waals surface area contributed by atoms with Crippen molar-refractivity contribution in [3.05, 3.63) is 77.9 Å². The van der Waals surface area contributed by atoms with Gasteiger partial charge in [-0.05, 0) is 28.0 Å². The summed E-state index contributed by atoms with van der Waals surface area (Å²) in [6.07, 6.45) is 1.24. The first-order chi connectivity index (χ1) is 14.3. The standard InChI is InChI=1S/C22H23N3O4S/c1-30(28,29)25-20-12-5-3-8-18(20)14-23-22(27)15-24-21(26)13-17-10-6-9-16-7-2-4-11-19(16)17/h2-12,25H,13-15H2,1H3,(H,23,27)(H,24,26). The fourth-order valence-electron chi connectivity index (χ4n) is 3.09. The molecule has 3 rings (SSSR count). The third kappa shape index (κ3) is 6.05. The van der Waals surface area contributed by atoms with Crippen molar-refractivity contribution in [2.24, 2.45) is 0 Å². The number of carbonyl (C=O) groups is 2. The van der Waals surface area contributed by atoms with Crippen LogP contribution in [0.4, 0.5) is 5.69 Å². The Hall–Kier alpha value is -3.39. The second-order valence-electron chi connectivity index (χ2n) is 6.90. The minimum absolute atomic E-state index is 0.136. The Bertz CT molecular complexity index is 1170. The molecule has 30 heavy (non-hydrogen) atoms. The van der Waals surface area contributed by atoms with Crippen LogP contribution in [0.5, 0.6) is 0 Å². The van der Waals surface area contributed by atoms with E-state index in [2.05, 4.69) is 15.4 Å². The summed E-state index contributed by atoms with van der Waals surface area (Å²) in [4.78, 5) is 24.4.